The van der Waals surface area contributed by atoms with Crippen molar-refractivity contribution in [3.8, 4) is 0 Å². The highest BCUT2D eigenvalue weighted by molar-refractivity contribution is 9.11. The fourth-order valence-electron chi connectivity index (χ4n) is 2.14. The lowest BCUT2D eigenvalue weighted by molar-refractivity contribution is 0.262. The molecule has 6 nitrogen and oxygen atoms in total. The van der Waals surface area contributed by atoms with Gasteiger partial charge in [0.2, 0.25) is 0 Å². The molecule has 0 atom stereocenters. The Morgan fingerprint density at radius 2 is 1.84 bits per heavy atom. The molecule has 134 valence electrons. The van der Waals surface area contributed by atoms with Crippen LogP contribution in [0, 0.1) is 0 Å². The van der Waals surface area contributed by atoms with Crippen molar-refractivity contribution in [2.45, 2.75) is 6.61 Å². The summed E-state index contributed by atoms with van der Waals surface area (Å²) in [5.74, 6) is 0. The van der Waals surface area contributed by atoms with Gasteiger partial charge < -0.3 is 26.8 Å². The van der Waals surface area contributed by atoms with Crippen LogP contribution in [0.5, 0.6) is 0 Å². The highest BCUT2D eigenvalue weighted by atomic mass is 79.9. The predicted octanol–water partition coefficient (Wildman–Crippen LogP) is 4.37. The summed E-state index contributed by atoms with van der Waals surface area (Å²) in [6.45, 7) is 0.864. The van der Waals surface area contributed by atoms with E-state index in [0.717, 1.165) is 10.2 Å². The zero-order valence-electron chi connectivity index (χ0n) is 13.1. The van der Waals surface area contributed by atoms with E-state index < -0.39 is 6.03 Å². The number of aliphatic hydroxyl groups excluding tert-OH is 1. The van der Waals surface area contributed by atoms with Gasteiger partial charge >= 0.3 is 6.03 Å². The Kier molecular flexibility index (Phi) is 7.52. The Morgan fingerprint density at radius 3 is 2.52 bits per heavy atom. The Hall–Kier alpha value is -1.32. The fourth-order valence-corrected chi connectivity index (χ4v) is 3.73. The van der Waals surface area contributed by atoms with E-state index in [9.17, 15) is 9.90 Å². The maximum atomic E-state index is 12.3. The van der Waals surface area contributed by atoms with Gasteiger partial charge in [0.05, 0.1) is 12.3 Å². The van der Waals surface area contributed by atoms with Gasteiger partial charge in [-0.25, -0.2) is 4.79 Å². The van der Waals surface area contributed by atoms with Crippen molar-refractivity contribution in [1.29, 1.82) is 0 Å². The van der Waals surface area contributed by atoms with Gasteiger partial charge in [-0.15, -0.1) is 0 Å². The van der Waals surface area contributed by atoms with Gasteiger partial charge in [-0.1, -0.05) is 43.5 Å². The molecule has 0 unspecified atom stereocenters. The number of carbonyl (C=O) groups is 1. The van der Waals surface area contributed by atoms with Crippen LogP contribution in [0.2, 0.25) is 5.02 Å². The SMILES string of the molecule is NCCNc1cc(Cl)cc(NC(=O)Nc2cc(Br)cc(Br)c2CO)c1. The molecule has 0 aliphatic carbocycles. The molecular formula is C16H17Br2ClN4O2. The first-order valence-electron chi connectivity index (χ1n) is 7.34. The maximum Gasteiger partial charge on any atom is 0.323 e. The van der Waals surface area contributed by atoms with Crippen LogP contribution in [0.15, 0.2) is 39.3 Å². The van der Waals surface area contributed by atoms with Crippen molar-refractivity contribution in [3.63, 3.8) is 0 Å². The molecule has 0 heterocycles. The van der Waals surface area contributed by atoms with Gasteiger partial charge in [-0.05, 0) is 30.3 Å². The summed E-state index contributed by atoms with van der Waals surface area (Å²) < 4.78 is 1.46. The number of halogens is 3. The van der Waals surface area contributed by atoms with E-state index in [-0.39, 0.29) is 6.61 Å². The lowest BCUT2D eigenvalue weighted by Crippen LogP contribution is -2.20. The molecule has 2 aromatic rings. The molecule has 2 aromatic carbocycles. The van der Waals surface area contributed by atoms with Crippen LogP contribution < -0.4 is 21.7 Å². The number of anilines is 3. The second-order valence-corrected chi connectivity index (χ2v) is 7.30. The molecule has 6 N–H and O–H groups in total. The molecule has 9 heteroatoms. The number of benzene rings is 2. The van der Waals surface area contributed by atoms with Gasteiger partial charge in [-0.3, -0.25) is 0 Å². The van der Waals surface area contributed by atoms with Crippen LogP contribution in [0.3, 0.4) is 0 Å². The zero-order valence-corrected chi connectivity index (χ0v) is 17.0. The first-order valence-corrected chi connectivity index (χ1v) is 9.30. The summed E-state index contributed by atoms with van der Waals surface area (Å²) in [5, 5.41) is 18.5. The molecule has 0 spiro atoms. The normalized spacial score (nSPS) is 10.4. The summed E-state index contributed by atoms with van der Waals surface area (Å²) in [4.78, 5) is 12.3. The average molecular weight is 493 g/mol. The molecule has 2 amide bonds. The number of urea groups is 1. The monoisotopic (exact) mass is 490 g/mol. The van der Waals surface area contributed by atoms with E-state index in [1.54, 1.807) is 30.3 Å². The van der Waals surface area contributed by atoms with Crippen LogP contribution in [0.4, 0.5) is 21.9 Å². The number of hydrogen-bond donors (Lipinski definition) is 5. The van der Waals surface area contributed by atoms with E-state index in [1.807, 2.05) is 0 Å². The third kappa shape index (κ3) is 5.86. The molecule has 2 rings (SSSR count). The number of carbonyl (C=O) groups excluding carboxylic acids is 1. The van der Waals surface area contributed by atoms with Gasteiger partial charge in [0.15, 0.2) is 0 Å². The Balaban J connectivity index is 2.14. The third-order valence-electron chi connectivity index (χ3n) is 3.20. The van der Waals surface area contributed by atoms with Crippen molar-refractivity contribution in [1.82, 2.24) is 0 Å². The summed E-state index contributed by atoms with van der Waals surface area (Å²) in [6.07, 6.45) is 0. The molecule has 0 aliphatic rings. The largest absolute Gasteiger partial charge is 0.392 e. The number of nitrogens with two attached hydrogens (primary N) is 1. The first-order chi connectivity index (χ1) is 11.9. The lowest BCUT2D eigenvalue weighted by Gasteiger charge is -2.14. The highest BCUT2D eigenvalue weighted by Gasteiger charge is 2.11. The lowest BCUT2D eigenvalue weighted by atomic mass is 10.2. The molecule has 0 aliphatic heterocycles. The summed E-state index contributed by atoms with van der Waals surface area (Å²) in [6, 6.07) is 8.19. The second kappa shape index (κ2) is 9.40. The van der Waals surface area contributed by atoms with E-state index in [0.29, 0.717) is 39.5 Å². The molecule has 25 heavy (non-hydrogen) atoms. The zero-order chi connectivity index (χ0) is 18.4. The van der Waals surface area contributed by atoms with Crippen molar-refractivity contribution < 1.29 is 9.90 Å². The predicted molar refractivity (Wildman–Crippen MR) is 109 cm³/mol. The molecular weight excluding hydrogens is 475 g/mol. The van der Waals surface area contributed by atoms with E-state index >= 15 is 0 Å². The van der Waals surface area contributed by atoms with Gasteiger partial charge in [0.25, 0.3) is 0 Å². The van der Waals surface area contributed by atoms with Crippen molar-refractivity contribution >= 4 is 66.6 Å². The third-order valence-corrected chi connectivity index (χ3v) is 4.58. The van der Waals surface area contributed by atoms with E-state index in [2.05, 4.69) is 47.8 Å². The molecule has 0 fully saturated rings. The minimum absolute atomic E-state index is 0.214. The summed E-state index contributed by atoms with van der Waals surface area (Å²) >= 11 is 12.8. The maximum absolute atomic E-state index is 12.3. The fraction of sp³-hybridized carbons (Fsp3) is 0.188. The quantitative estimate of drug-likeness (QED) is 0.414. The second-order valence-electron chi connectivity index (χ2n) is 5.09. The Labute approximate surface area is 167 Å². The standard InChI is InChI=1S/C16H17Br2ClN4O2/c17-9-3-14(18)13(8-24)15(4-9)23-16(25)22-12-6-10(19)5-11(7-12)21-2-1-20/h3-7,21,24H,1-2,8,20H2,(H2,22,23,25). The number of nitrogens with one attached hydrogen (secondary N) is 3. The van der Waals surface area contributed by atoms with Gasteiger partial charge in [0, 0.05) is 44.0 Å². The number of aliphatic hydroxyl groups is 1. The van der Waals surface area contributed by atoms with Crippen molar-refractivity contribution in [2.24, 2.45) is 5.73 Å². The summed E-state index contributed by atoms with van der Waals surface area (Å²) in [5.41, 5.74) is 7.83. The highest BCUT2D eigenvalue weighted by Crippen LogP contribution is 2.30. The average Bonchev–Trinajstić information content (AvgIpc) is 2.51. The molecule has 0 radical (unpaired) electrons. The van der Waals surface area contributed by atoms with Crippen molar-refractivity contribution in [3.05, 3.63) is 49.9 Å². The van der Waals surface area contributed by atoms with Crippen LogP contribution in [-0.2, 0) is 6.61 Å². The van der Waals surface area contributed by atoms with Crippen molar-refractivity contribution in [2.75, 3.05) is 29.0 Å². The van der Waals surface area contributed by atoms with Crippen LogP contribution >= 0.6 is 43.5 Å². The minimum atomic E-state index is -0.452. The van der Waals surface area contributed by atoms with Crippen LogP contribution in [0.1, 0.15) is 5.56 Å². The first kappa shape index (κ1) is 20.0. The van der Waals surface area contributed by atoms with E-state index in [4.69, 9.17) is 17.3 Å². The van der Waals surface area contributed by atoms with E-state index in [1.165, 1.54) is 0 Å². The Morgan fingerprint density at radius 1 is 1.12 bits per heavy atom. The molecule has 0 saturated carbocycles. The number of rotatable bonds is 6. The summed E-state index contributed by atoms with van der Waals surface area (Å²) in [7, 11) is 0. The smallest absolute Gasteiger partial charge is 0.323 e. The van der Waals surface area contributed by atoms with Crippen LogP contribution in [-0.4, -0.2) is 24.2 Å². The number of hydrogen-bond acceptors (Lipinski definition) is 4. The van der Waals surface area contributed by atoms with Gasteiger partial charge in [0.1, 0.15) is 0 Å². The molecule has 0 aromatic heterocycles. The Bertz CT molecular complexity index is 774. The van der Waals surface area contributed by atoms with Gasteiger partial charge in [-0.2, -0.15) is 0 Å². The minimum Gasteiger partial charge on any atom is -0.392 e. The molecule has 0 saturated heterocycles. The molecule has 0 bridgehead atoms. The topological polar surface area (TPSA) is 99.4 Å². The van der Waals surface area contributed by atoms with Crippen LogP contribution in [0.25, 0.3) is 0 Å². The number of amides is 2.